The molecule has 1 amide bonds. The van der Waals surface area contributed by atoms with Crippen molar-refractivity contribution >= 4 is 17.2 Å². The first kappa shape index (κ1) is 18.1. The molecule has 0 aromatic carbocycles. The molecule has 3 rings (SSSR count). The van der Waals surface area contributed by atoms with Gasteiger partial charge in [0.25, 0.3) is 5.91 Å². The van der Waals surface area contributed by atoms with E-state index < -0.39 is 0 Å². The van der Waals surface area contributed by atoms with Gasteiger partial charge in [-0.1, -0.05) is 26.8 Å². The van der Waals surface area contributed by atoms with Crippen LogP contribution in [0.2, 0.25) is 0 Å². The molecule has 1 aliphatic rings. The Morgan fingerprint density at radius 3 is 2.80 bits per heavy atom. The minimum absolute atomic E-state index is 0.0163. The Hall–Kier alpha value is -1.68. The Bertz CT molecular complexity index is 745. The number of thiophene rings is 1. The molecule has 2 heterocycles. The van der Waals surface area contributed by atoms with Gasteiger partial charge in [0.05, 0.1) is 10.9 Å². The van der Waals surface area contributed by atoms with Gasteiger partial charge in [0.2, 0.25) is 0 Å². The molecule has 134 valence electrons. The molecule has 0 bridgehead atoms. The standard InChI is InChI=1S/C21H28N2OS/c1-14(15-7-6-10-22-13-15)23(5)20(24)19-12-16-11-17(21(2,3)4)8-9-18(16)25-19/h6-7,10,12-14,17H,8-9,11H2,1-5H3. The first-order valence-corrected chi connectivity index (χ1v) is 9.87. The van der Waals surface area contributed by atoms with Crippen molar-refractivity contribution in [3.63, 3.8) is 0 Å². The number of carbonyl (C=O) groups excluding carboxylic acids is 1. The maximum Gasteiger partial charge on any atom is 0.264 e. The predicted octanol–water partition coefficient (Wildman–Crippen LogP) is 5.13. The number of pyridine rings is 1. The van der Waals surface area contributed by atoms with Gasteiger partial charge in [0.1, 0.15) is 0 Å². The molecule has 0 saturated carbocycles. The lowest BCUT2D eigenvalue weighted by Crippen LogP contribution is -2.29. The maximum atomic E-state index is 13.0. The molecule has 0 fully saturated rings. The van der Waals surface area contributed by atoms with Gasteiger partial charge in [0, 0.05) is 24.3 Å². The highest BCUT2D eigenvalue weighted by atomic mass is 32.1. The van der Waals surface area contributed by atoms with Crippen LogP contribution in [0.25, 0.3) is 0 Å². The van der Waals surface area contributed by atoms with E-state index in [0.717, 1.165) is 23.3 Å². The Balaban J connectivity index is 1.77. The third kappa shape index (κ3) is 3.79. The summed E-state index contributed by atoms with van der Waals surface area (Å²) in [5.41, 5.74) is 2.78. The van der Waals surface area contributed by atoms with Crippen LogP contribution in [-0.2, 0) is 12.8 Å². The van der Waals surface area contributed by atoms with E-state index >= 15 is 0 Å². The second-order valence-corrected chi connectivity index (χ2v) is 9.38. The van der Waals surface area contributed by atoms with Gasteiger partial charge in [-0.3, -0.25) is 9.78 Å². The summed E-state index contributed by atoms with van der Waals surface area (Å²) in [5, 5.41) is 0. The third-order valence-electron chi connectivity index (χ3n) is 5.59. The van der Waals surface area contributed by atoms with Crippen LogP contribution in [0.3, 0.4) is 0 Å². The Morgan fingerprint density at radius 2 is 2.16 bits per heavy atom. The van der Waals surface area contributed by atoms with Gasteiger partial charge in [-0.2, -0.15) is 0 Å². The molecule has 0 radical (unpaired) electrons. The summed E-state index contributed by atoms with van der Waals surface area (Å²) in [5.74, 6) is 0.813. The van der Waals surface area contributed by atoms with Crippen molar-refractivity contribution in [2.24, 2.45) is 11.3 Å². The fourth-order valence-electron chi connectivity index (χ4n) is 3.56. The predicted molar refractivity (Wildman–Crippen MR) is 104 cm³/mol. The third-order valence-corrected chi connectivity index (χ3v) is 6.81. The van der Waals surface area contributed by atoms with Gasteiger partial charge in [-0.25, -0.2) is 0 Å². The second kappa shape index (κ2) is 6.91. The quantitative estimate of drug-likeness (QED) is 0.764. The van der Waals surface area contributed by atoms with Crippen molar-refractivity contribution in [1.29, 1.82) is 0 Å². The van der Waals surface area contributed by atoms with Crippen LogP contribution in [-0.4, -0.2) is 22.8 Å². The minimum Gasteiger partial charge on any atom is -0.334 e. The average Bonchev–Trinajstić information content (AvgIpc) is 3.03. The zero-order valence-electron chi connectivity index (χ0n) is 15.9. The average molecular weight is 357 g/mol. The SMILES string of the molecule is CC(c1cccnc1)N(C)C(=O)c1cc2c(s1)CCC(C(C)(C)C)C2. The van der Waals surface area contributed by atoms with Crippen LogP contribution in [0.4, 0.5) is 0 Å². The van der Waals surface area contributed by atoms with Crippen LogP contribution in [0.5, 0.6) is 0 Å². The topological polar surface area (TPSA) is 33.2 Å². The maximum absolute atomic E-state index is 13.0. The van der Waals surface area contributed by atoms with Gasteiger partial charge in [-0.05, 0) is 60.8 Å². The van der Waals surface area contributed by atoms with Crippen molar-refractivity contribution in [1.82, 2.24) is 9.88 Å². The Morgan fingerprint density at radius 1 is 1.40 bits per heavy atom. The molecule has 2 aromatic heterocycles. The lowest BCUT2D eigenvalue weighted by atomic mass is 9.72. The second-order valence-electron chi connectivity index (χ2n) is 8.24. The van der Waals surface area contributed by atoms with Gasteiger partial charge < -0.3 is 4.90 Å². The fourth-order valence-corrected chi connectivity index (χ4v) is 4.76. The van der Waals surface area contributed by atoms with Crippen molar-refractivity contribution in [2.45, 2.75) is 53.0 Å². The summed E-state index contributed by atoms with van der Waals surface area (Å²) in [6.07, 6.45) is 7.03. The van der Waals surface area contributed by atoms with Gasteiger partial charge in [-0.15, -0.1) is 11.3 Å². The number of aryl methyl sites for hydroxylation is 1. The van der Waals surface area contributed by atoms with E-state index in [2.05, 4.69) is 38.7 Å². The summed E-state index contributed by atoms with van der Waals surface area (Å²) in [4.78, 5) is 21.3. The lowest BCUT2D eigenvalue weighted by molar-refractivity contribution is 0.0747. The normalized spacial score (nSPS) is 18.5. The molecule has 3 nitrogen and oxygen atoms in total. The summed E-state index contributed by atoms with van der Waals surface area (Å²) >= 11 is 1.69. The number of hydrogen-bond acceptors (Lipinski definition) is 3. The van der Waals surface area contributed by atoms with E-state index in [0.29, 0.717) is 11.3 Å². The van der Waals surface area contributed by atoms with Crippen molar-refractivity contribution in [3.05, 3.63) is 51.5 Å². The van der Waals surface area contributed by atoms with E-state index in [4.69, 9.17) is 0 Å². The Labute approximate surface area is 155 Å². The Kier molecular flexibility index (Phi) is 5.01. The zero-order chi connectivity index (χ0) is 18.2. The number of hydrogen-bond donors (Lipinski definition) is 0. The summed E-state index contributed by atoms with van der Waals surface area (Å²) < 4.78 is 0. The molecule has 0 aliphatic heterocycles. The first-order chi connectivity index (χ1) is 11.8. The van der Waals surface area contributed by atoms with Crippen LogP contribution in [0.1, 0.15) is 65.8 Å². The number of amides is 1. The van der Waals surface area contributed by atoms with Gasteiger partial charge in [0.15, 0.2) is 0 Å². The fraction of sp³-hybridized carbons (Fsp3) is 0.524. The molecular weight excluding hydrogens is 328 g/mol. The van der Waals surface area contributed by atoms with Crippen molar-refractivity contribution in [2.75, 3.05) is 7.05 Å². The molecule has 0 saturated heterocycles. The molecule has 4 heteroatoms. The molecule has 1 aliphatic carbocycles. The number of aromatic nitrogens is 1. The zero-order valence-corrected chi connectivity index (χ0v) is 16.7. The number of carbonyl (C=O) groups is 1. The van der Waals surface area contributed by atoms with E-state index in [1.54, 1.807) is 17.5 Å². The van der Waals surface area contributed by atoms with Crippen molar-refractivity contribution in [3.8, 4) is 0 Å². The highest BCUT2D eigenvalue weighted by molar-refractivity contribution is 7.14. The largest absolute Gasteiger partial charge is 0.334 e. The molecule has 0 N–H and O–H groups in total. The van der Waals surface area contributed by atoms with E-state index in [-0.39, 0.29) is 11.9 Å². The van der Waals surface area contributed by atoms with Crippen LogP contribution < -0.4 is 0 Å². The van der Waals surface area contributed by atoms with Gasteiger partial charge >= 0.3 is 0 Å². The smallest absolute Gasteiger partial charge is 0.264 e. The summed E-state index contributed by atoms with van der Waals surface area (Å²) in [7, 11) is 1.89. The summed E-state index contributed by atoms with van der Waals surface area (Å²) in [6.45, 7) is 9.03. The number of fused-ring (bicyclic) bond motifs is 1. The monoisotopic (exact) mass is 356 g/mol. The molecule has 2 atom stereocenters. The van der Waals surface area contributed by atoms with Crippen molar-refractivity contribution < 1.29 is 4.79 Å². The van der Waals surface area contributed by atoms with E-state index in [1.807, 2.05) is 30.3 Å². The van der Waals surface area contributed by atoms with E-state index in [9.17, 15) is 4.79 Å². The molecule has 25 heavy (non-hydrogen) atoms. The van der Waals surface area contributed by atoms with Crippen LogP contribution in [0.15, 0.2) is 30.6 Å². The number of nitrogens with zero attached hydrogens (tertiary/aromatic N) is 2. The first-order valence-electron chi connectivity index (χ1n) is 9.06. The van der Waals surface area contributed by atoms with Crippen LogP contribution in [0, 0.1) is 11.3 Å². The summed E-state index contributed by atoms with van der Waals surface area (Å²) in [6, 6.07) is 6.10. The minimum atomic E-state index is 0.0163. The highest BCUT2D eigenvalue weighted by Crippen LogP contribution is 2.40. The lowest BCUT2D eigenvalue weighted by Gasteiger charge is -2.33. The molecular formula is C21H28N2OS. The van der Waals surface area contributed by atoms with E-state index in [1.165, 1.54) is 16.9 Å². The number of rotatable bonds is 3. The highest BCUT2D eigenvalue weighted by Gasteiger charge is 2.31. The molecule has 0 spiro atoms. The van der Waals surface area contributed by atoms with Crippen LogP contribution >= 0.6 is 11.3 Å². The molecule has 2 unspecified atom stereocenters. The molecule has 2 aromatic rings.